The van der Waals surface area contributed by atoms with Gasteiger partial charge in [-0.05, 0) is 12.8 Å². The molecule has 0 aromatic rings. The molecule has 0 unspecified atom stereocenters. The highest BCUT2D eigenvalue weighted by Crippen LogP contribution is 2.12. The first-order chi connectivity index (χ1) is 6.97. The van der Waals surface area contributed by atoms with Gasteiger partial charge in [-0.25, -0.2) is 0 Å². The van der Waals surface area contributed by atoms with Crippen LogP contribution in [0.5, 0.6) is 0 Å². The quantitative estimate of drug-likeness (QED) is 0.696. The van der Waals surface area contributed by atoms with Gasteiger partial charge in [-0.3, -0.25) is 4.79 Å². The van der Waals surface area contributed by atoms with E-state index in [1.807, 2.05) is 17.5 Å². The van der Waals surface area contributed by atoms with E-state index in [0.29, 0.717) is 0 Å². The van der Waals surface area contributed by atoms with E-state index in [-0.39, 0.29) is 12.6 Å². The molecule has 0 aliphatic heterocycles. The summed E-state index contributed by atoms with van der Waals surface area (Å²) >= 11 is 0. The molecule has 0 fully saturated rings. The molecule has 0 aromatic heterocycles. The Bertz CT molecular complexity index is 242. The van der Waals surface area contributed by atoms with Crippen molar-refractivity contribution >= 4 is 5.91 Å². The van der Waals surface area contributed by atoms with Gasteiger partial charge in [-0.2, -0.15) is 13.2 Å². The molecule has 1 amide bonds. The van der Waals surface area contributed by atoms with E-state index in [1.165, 1.54) is 0 Å². The lowest BCUT2D eigenvalue weighted by molar-refractivity contribution is -0.128. The number of hydrogen-bond donors (Lipinski definition) is 2. The van der Waals surface area contributed by atoms with Crippen LogP contribution in [0.3, 0.4) is 0 Å². The van der Waals surface area contributed by atoms with Crippen molar-refractivity contribution in [2.24, 2.45) is 0 Å². The zero-order valence-corrected chi connectivity index (χ0v) is 8.10. The molecule has 1 aliphatic rings. The number of hydrogen-bond acceptors (Lipinski definition) is 2. The van der Waals surface area contributed by atoms with Crippen LogP contribution >= 0.6 is 0 Å². The maximum Gasteiger partial charge on any atom is 0.401 e. The number of rotatable bonds is 4. The third-order valence-electron chi connectivity index (χ3n) is 1.98. The van der Waals surface area contributed by atoms with Gasteiger partial charge in [0.1, 0.15) is 0 Å². The summed E-state index contributed by atoms with van der Waals surface area (Å²) in [5, 5.41) is 4.68. The molecule has 0 spiro atoms. The molecule has 0 aromatic carbocycles. The van der Waals surface area contributed by atoms with Crippen LogP contribution in [-0.4, -0.2) is 31.2 Å². The minimum atomic E-state index is -4.27. The minimum Gasteiger partial charge on any atom is -0.352 e. The standard InChI is InChI=1S/C9H13F3N2O/c10-9(11,12)6-13-5-8(15)14-7-3-1-2-4-7/h1-2,7,13H,3-6H2,(H,14,15). The molecule has 3 nitrogen and oxygen atoms in total. The average Bonchev–Trinajstić information content (AvgIpc) is 2.54. The first kappa shape index (κ1) is 12.0. The Morgan fingerprint density at radius 3 is 2.47 bits per heavy atom. The molecule has 6 heteroatoms. The largest absolute Gasteiger partial charge is 0.401 e. The van der Waals surface area contributed by atoms with Gasteiger partial charge in [0.2, 0.25) is 5.91 Å². The molecule has 15 heavy (non-hydrogen) atoms. The first-order valence-corrected chi connectivity index (χ1v) is 4.69. The predicted octanol–water partition coefficient (Wildman–Crippen LogP) is 0.973. The highest BCUT2D eigenvalue weighted by Gasteiger charge is 2.26. The van der Waals surface area contributed by atoms with Crippen molar-refractivity contribution in [2.75, 3.05) is 13.1 Å². The molecule has 0 bridgehead atoms. The minimum absolute atomic E-state index is 0.0465. The van der Waals surface area contributed by atoms with Gasteiger partial charge >= 0.3 is 6.18 Å². The van der Waals surface area contributed by atoms with Gasteiger partial charge in [0.25, 0.3) is 0 Å². The summed E-state index contributed by atoms with van der Waals surface area (Å²) < 4.78 is 35.1. The van der Waals surface area contributed by atoms with E-state index in [4.69, 9.17) is 0 Å². The Balaban J connectivity index is 2.08. The lowest BCUT2D eigenvalue weighted by Gasteiger charge is -2.13. The molecule has 1 aliphatic carbocycles. The van der Waals surface area contributed by atoms with Crippen molar-refractivity contribution in [1.82, 2.24) is 10.6 Å². The molecule has 0 atom stereocenters. The molecule has 0 radical (unpaired) electrons. The van der Waals surface area contributed by atoms with Gasteiger partial charge < -0.3 is 10.6 Å². The lowest BCUT2D eigenvalue weighted by Crippen LogP contribution is -2.41. The summed E-state index contributed by atoms with van der Waals surface area (Å²) in [4.78, 5) is 11.1. The number of alkyl halides is 3. The molecule has 0 heterocycles. The van der Waals surface area contributed by atoms with E-state index in [9.17, 15) is 18.0 Å². The SMILES string of the molecule is O=C(CNCC(F)(F)F)NC1CC=CC1. The molecular weight excluding hydrogens is 209 g/mol. The predicted molar refractivity (Wildman–Crippen MR) is 49.2 cm³/mol. The van der Waals surface area contributed by atoms with E-state index in [0.717, 1.165) is 12.8 Å². The fraction of sp³-hybridized carbons (Fsp3) is 0.667. The maximum atomic E-state index is 11.7. The second-order valence-electron chi connectivity index (χ2n) is 3.43. The van der Waals surface area contributed by atoms with E-state index in [2.05, 4.69) is 5.32 Å². The lowest BCUT2D eigenvalue weighted by atomic mass is 10.2. The number of carbonyl (C=O) groups excluding carboxylic acids is 1. The maximum absolute atomic E-state index is 11.7. The summed E-state index contributed by atoms with van der Waals surface area (Å²) in [6, 6.07) is 0.0465. The Morgan fingerprint density at radius 1 is 1.33 bits per heavy atom. The summed E-state index contributed by atoms with van der Waals surface area (Å²) in [6.07, 6.45) is 1.12. The van der Waals surface area contributed by atoms with Crippen LogP contribution in [-0.2, 0) is 4.79 Å². The van der Waals surface area contributed by atoms with E-state index < -0.39 is 18.6 Å². The fourth-order valence-corrected chi connectivity index (χ4v) is 1.33. The van der Waals surface area contributed by atoms with Gasteiger partial charge in [-0.1, -0.05) is 12.2 Å². The summed E-state index contributed by atoms with van der Waals surface area (Å²) in [7, 11) is 0. The Hall–Kier alpha value is -1.04. The van der Waals surface area contributed by atoms with Crippen molar-refractivity contribution in [3.05, 3.63) is 12.2 Å². The number of amides is 1. The van der Waals surface area contributed by atoms with Crippen LogP contribution in [0.15, 0.2) is 12.2 Å². The van der Waals surface area contributed by atoms with Crippen LogP contribution < -0.4 is 10.6 Å². The molecule has 0 saturated carbocycles. The Kier molecular flexibility index (Phi) is 4.14. The Morgan fingerprint density at radius 2 is 1.93 bits per heavy atom. The number of nitrogens with one attached hydrogen (secondary N) is 2. The second kappa shape index (κ2) is 5.16. The van der Waals surface area contributed by atoms with Crippen molar-refractivity contribution in [3.63, 3.8) is 0 Å². The number of halogens is 3. The molecule has 0 saturated heterocycles. The normalized spacial score (nSPS) is 17.0. The van der Waals surface area contributed by atoms with Gasteiger partial charge in [0.15, 0.2) is 0 Å². The third-order valence-corrected chi connectivity index (χ3v) is 1.98. The van der Waals surface area contributed by atoms with Gasteiger partial charge in [0, 0.05) is 6.04 Å². The number of carbonyl (C=O) groups is 1. The molecule has 2 N–H and O–H groups in total. The molecular formula is C9H13F3N2O. The highest BCUT2D eigenvalue weighted by molar-refractivity contribution is 5.78. The fourth-order valence-electron chi connectivity index (χ4n) is 1.33. The highest BCUT2D eigenvalue weighted by atomic mass is 19.4. The van der Waals surface area contributed by atoms with Crippen LogP contribution in [0.2, 0.25) is 0 Å². The van der Waals surface area contributed by atoms with E-state index in [1.54, 1.807) is 0 Å². The van der Waals surface area contributed by atoms with Crippen LogP contribution in [0, 0.1) is 0 Å². The molecule has 86 valence electrons. The van der Waals surface area contributed by atoms with Crippen LogP contribution in [0.4, 0.5) is 13.2 Å². The van der Waals surface area contributed by atoms with E-state index >= 15 is 0 Å². The average molecular weight is 222 g/mol. The summed E-state index contributed by atoms with van der Waals surface area (Å²) in [6.45, 7) is -1.43. The monoisotopic (exact) mass is 222 g/mol. The van der Waals surface area contributed by atoms with Crippen molar-refractivity contribution < 1.29 is 18.0 Å². The smallest absolute Gasteiger partial charge is 0.352 e. The van der Waals surface area contributed by atoms with Gasteiger partial charge in [0.05, 0.1) is 13.1 Å². The van der Waals surface area contributed by atoms with Crippen LogP contribution in [0.25, 0.3) is 0 Å². The van der Waals surface area contributed by atoms with Crippen molar-refractivity contribution in [3.8, 4) is 0 Å². The van der Waals surface area contributed by atoms with Crippen molar-refractivity contribution in [1.29, 1.82) is 0 Å². The zero-order chi connectivity index (χ0) is 11.3. The second-order valence-corrected chi connectivity index (χ2v) is 3.43. The first-order valence-electron chi connectivity index (χ1n) is 4.69. The zero-order valence-electron chi connectivity index (χ0n) is 8.10. The summed E-state index contributed by atoms with van der Waals surface area (Å²) in [5.41, 5.74) is 0. The molecule has 1 rings (SSSR count). The van der Waals surface area contributed by atoms with Crippen LogP contribution in [0.1, 0.15) is 12.8 Å². The summed E-state index contributed by atoms with van der Waals surface area (Å²) in [5.74, 6) is -0.395. The topological polar surface area (TPSA) is 41.1 Å². The Labute approximate surface area is 85.7 Å². The van der Waals surface area contributed by atoms with Crippen molar-refractivity contribution in [2.45, 2.75) is 25.1 Å². The third kappa shape index (κ3) is 5.41. The van der Waals surface area contributed by atoms with Gasteiger partial charge in [-0.15, -0.1) is 0 Å².